The van der Waals surface area contributed by atoms with E-state index in [-0.39, 0.29) is 34.6 Å². The van der Waals surface area contributed by atoms with Crippen molar-refractivity contribution in [2.45, 2.75) is 19.3 Å². The lowest BCUT2D eigenvalue weighted by Crippen LogP contribution is -2.40. The highest BCUT2D eigenvalue weighted by Crippen LogP contribution is 2.29. The average Bonchev–Trinajstić information content (AvgIpc) is 2.47. The molecule has 2 rings (SSSR count). The summed E-state index contributed by atoms with van der Waals surface area (Å²) < 4.78 is 0. The fraction of sp³-hybridized carbons (Fsp3) is 0.500. The van der Waals surface area contributed by atoms with Crippen LogP contribution in [0.2, 0.25) is 5.02 Å². The van der Waals surface area contributed by atoms with E-state index in [1.54, 1.807) is 4.90 Å². The molecule has 2 N–H and O–H groups in total. The molecule has 1 amide bonds. The van der Waals surface area contributed by atoms with Gasteiger partial charge in [-0.05, 0) is 37.8 Å². The van der Waals surface area contributed by atoms with Gasteiger partial charge in [-0.3, -0.25) is 14.9 Å². The van der Waals surface area contributed by atoms with E-state index in [4.69, 9.17) is 17.3 Å². The van der Waals surface area contributed by atoms with Gasteiger partial charge in [-0.25, -0.2) is 0 Å². The zero-order valence-electron chi connectivity index (χ0n) is 12.0. The molecule has 1 unspecified atom stereocenters. The first-order chi connectivity index (χ1) is 10.0. The standard InChI is InChI=1S/C14H18ClN3O3.ClH/c15-11-4-1-5-12(18(20)21)13(11)14(19)17-8-2-3-10(9-17)6-7-16;/h1,4-5,10H,2-3,6-9,16H2;1H. The lowest BCUT2D eigenvalue weighted by atomic mass is 9.94. The Morgan fingerprint density at radius 3 is 2.86 bits per heavy atom. The quantitative estimate of drug-likeness (QED) is 0.669. The number of nitro groups is 1. The maximum absolute atomic E-state index is 12.6. The van der Waals surface area contributed by atoms with Gasteiger partial charge in [-0.15, -0.1) is 12.4 Å². The smallest absolute Gasteiger partial charge is 0.283 e. The number of carbonyl (C=O) groups excluding carboxylic acids is 1. The molecule has 0 bridgehead atoms. The number of likely N-dealkylation sites (tertiary alicyclic amines) is 1. The van der Waals surface area contributed by atoms with Crippen molar-refractivity contribution in [3.63, 3.8) is 0 Å². The number of carbonyl (C=O) groups is 1. The number of halogens is 2. The SMILES string of the molecule is Cl.NCCC1CCCN(C(=O)c2c(Cl)cccc2[N+](=O)[O-])C1. The summed E-state index contributed by atoms with van der Waals surface area (Å²) in [5.74, 6) is -0.0109. The maximum Gasteiger partial charge on any atom is 0.283 e. The molecule has 0 aromatic heterocycles. The number of piperidine rings is 1. The van der Waals surface area contributed by atoms with Crippen LogP contribution in [0.15, 0.2) is 18.2 Å². The molecule has 1 aromatic carbocycles. The van der Waals surface area contributed by atoms with Crippen molar-refractivity contribution in [2.75, 3.05) is 19.6 Å². The Bertz CT molecular complexity index is 552. The zero-order chi connectivity index (χ0) is 15.4. The first-order valence-corrected chi connectivity index (χ1v) is 7.34. The van der Waals surface area contributed by atoms with Gasteiger partial charge in [0.25, 0.3) is 11.6 Å². The minimum absolute atomic E-state index is 0. The van der Waals surface area contributed by atoms with Crippen molar-refractivity contribution in [3.05, 3.63) is 38.9 Å². The van der Waals surface area contributed by atoms with Gasteiger partial charge in [0, 0.05) is 19.2 Å². The second-order valence-electron chi connectivity index (χ2n) is 5.23. The Balaban J connectivity index is 0.00000242. The van der Waals surface area contributed by atoms with Gasteiger partial charge in [-0.1, -0.05) is 17.7 Å². The third-order valence-corrected chi connectivity index (χ3v) is 4.10. The largest absolute Gasteiger partial charge is 0.338 e. The van der Waals surface area contributed by atoms with Crippen LogP contribution in [0.25, 0.3) is 0 Å². The molecule has 0 saturated carbocycles. The van der Waals surface area contributed by atoms with Gasteiger partial charge in [-0.2, -0.15) is 0 Å². The Morgan fingerprint density at radius 2 is 2.23 bits per heavy atom. The molecule has 0 aliphatic carbocycles. The molecule has 122 valence electrons. The number of nitro benzene ring substituents is 1. The van der Waals surface area contributed by atoms with Crippen LogP contribution in [-0.4, -0.2) is 35.4 Å². The van der Waals surface area contributed by atoms with Crippen molar-refractivity contribution in [1.29, 1.82) is 0 Å². The number of hydrogen-bond acceptors (Lipinski definition) is 4. The van der Waals surface area contributed by atoms with Crippen LogP contribution in [0.5, 0.6) is 0 Å². The van der Waals surface area contributed by atoms with Crippen LogP contribution in [0.3, 0.4) is 0 Å². The van der Waals surface area contributed by atoms with Crippen molar-refractivity contribution >= 4 is 35.6 Å². The first kappa shape index (κ1) is 18.7. The monoisotopic (exact) mass is 347 g/mol. The van der Waals surface area contributed by atoms with Crippen LogP contribution >= 0.6 is 24.0 Å². The Morgan fingerprint density at radius 1 is 1.50 bits per heavy atom. The normalized spacial score (nSPS) is 17.7. The first-order valence-electron chi connectivity index (χ1n) is 6.96. The molecule has 6 nitrogen and oxygen atoms in total. The summed E-state index contributed by atoms with van der Waals surface area (Å²) in [6, 6.07) is 4.29. The molecule has 1 heterocycles. The van der Waals surface area contributed by atoms with Crippen molar-refractivity contribution in [2.24, 2.45) is 11.7 Å². The summed E-state index contributed by atoms with van der Waals surface area (Å²) in [5, 5.41) is 11.2. The van der Waals surface area contributed by atoms with Gasteiger partial charge < -0.3 is 10.6 Å². The molecule has 1 fully saturated rings. The molecule has 8 heteroatoms. The Hall–Kier alpha value is -1.37. The van der Waals surface area contributed by atoms with Gasteiger partial charge >= 0.3 is 0 Å². The minimum Gasteiger partial charge on any atom is -0.338 e. The van der Waals surface area contributed by atoms with Gasteiger partial charge in [0.1, 0.15) is 5.56 Å². The fourth-order valence-corrected chi connectivity index (χ4v) is 3.01. The van der Waals surface area contributed by atoms with E-state index in [1.165, 1.54) is 18.2 Å². The fourth-order valence-electron chi connectivity index (χ4n) is 2.76. The highest BCUT2D eigenvalue weighted by atomic mass is 35.5. The molecule has 1 aliphatic rings. The lowest BCUT2D eigenvalue weighted by molar-refractivity contribution is -0.385. The second-order valence-corrected chi connectivity index (χ2v) is 5.64. The summed E-state index contributed by atoms with van der Waals surface area (Å²) in [6.45, 7) is 1.76. The number of amides is 1. The molecule has 1 aliphatic heterocycles. The molecular formula is C14H19Cl2N3O3. The number of benzene rings is 1. The summed E-state index contributed by atoms with van der Waals surface area (Å²) >= 11 is 6.01. The van der Waals surface area contributed by atoms with Crippen LogP contribution in [-0.2, 0) is 0 Å². The lowest BCUT2D eigenvalue weighted by Gasteiger charge is -2.32. The molecule has 1 saturated heterocycles. The van der Waals surface area contributed by atoms with E-state index >= 15 is 0 Å². The van der Waals surface area contributed by atoms with Crippen LogP contribution in [0, 0.1) is 16.0 Å². The van der Waals surface area contributed by atoms with Crippen molar-refractivity contribution in [1.82, 2.24) is 4.90 Å². The predicted molar refractivity (Wildman–Crippen MR) is 87.7 cm³/mol. The van der Waals surface area contributed by atoms with E-state index in [1.807, 2.05) is 0 Å². The molecule has 1 atom stereocenters. The van der Waals surface area contributed by atoms with E-state index in [2.05, 4.69) is 0 Å². The minimum atomic E-state index is -0.569. The summed E-state index contributed by atoms with van der Waals surface area (Å²) in [5.41, 5.74) is 5.31. The van der Waals surface area contributed by atoms with E-state index in [0.717, 1.165) is 19.3 Å². The topological polar surface area (TPSA) is 89.5 Å². The Labute approximate surface area is 140 Å². The van der Waals surface area contributed by atoms with E-state index in [9.17, 15) is 14.9 Å². The maximum atomic E-state index is 12.6. The number of hydrogen-bond donors (Lipinski definition) is 1. The van der Waals surface area contributed by atoms with Gasteiger partial charge in [0.2, 0.25) is 0 Å². The molecule has 1 aromatic rings. The van der Waals surface area contributed by atoms with Crippen LogP contribution < -0.4 is 5.73 Å². The highest BCUT2D eigenvalue weighted by molar-refractivity contribution is 6.34. The molecule has 22 heavy (non-hydrogen) atoms. The number of rotatable bonds is 4. The van der Waals surface area contributed by atoms with Crippen molar-refractivity contribution < 1.29 is 9.72 Å². The number of nitrogens with zero attached hydrogens (tertiary/aromatic N) is 2. The summed E-state index contributed by atoms with van der Waals surface area (Å²) in [7, 11) is 0. The van der Waals surface area contributed by atoms with Crippen LogP contribution in [0.4, 0.5) is 5.69 Å². The van der Waals surface area contributed by atoms with E-state index < -0.39 is 4.92 Å². The average molecular weight is 348 g/mol. The molecule has 0 radical (unpaired) electrons. The molecule has 0 spiro atoms. The van der Waals surface area contributed by atoms with Gasteiger partial charge in [0.05, 0.1) is 9.95 Å². The third-order valence-electron chi connectivity index (χ3n) is 3.78. The van der Waals surface area contributed by atoms with Crippen LogP contribution in [0.1, 0.15) is 29.6 Å². The number of nitrogens with two attached hydrogens (primary N) is 1. The summed E-state index contributed by atoms with van der Waals surface area (Å²) in [6.07, 6.45) is 2.77. The van der Waals surface area contributed by atoms with E-state index in [0.29, 0.717) is 25.6 Å². The molecular weight excluding hydrogens is 329 g/mol. The zero-order valence-corrected chi connectivity index (χ0v) is 13.6. The summed E-state index contributed by atoms with van der Waals surface area (Å²) in [4.78, 5) is 24.8. The Kier molecular flexibility index (Phi) is 7.06. The predicted octanol–water partition coefficient (Wildman–Crippen LogP) is 2.87. The van der Waals surface area contributed by atoms with Crippen molar-refractivity contribution in [3.8, 4) is 0 Å². The second kappa shape index (κ2) is 8.31. The third kappa shape index (κ3) is 4.09. The highest BCUT2D eigenvalue weighted by Gasteiger charge is 2.30. The van der Waals surface area contributed by atoms with Gasteiger partial charge in [0.15, 0.2) is 0 Å².